The van der Waals surface area contributed by atoms with Gasteiger partial charge >= 0.3 is 5.97 Å². The number of fused-ring (bicyclic) bond motifs is 9. The molecule has 0 radical (unpaired) electrons. The monoisotopic (exact) mass is 1900 g/mol. The molecule has 0 bridgehead atoms. The number of aliphatic imine (C=N–C) groups is 1. The van der Waals surface area contributed by atoms with Crippen molar-refractivity contribution in [2.45, 2.75) is 216 Å². The van der Waals surface area contributed by atoms with Crippen LogP contribution in [0.3, 0.4) is 0 Å². The van der Waals surface area contributed by atoms with E-state index in [2.05, 4.69) is 118 Å². The Balaban J connectivity index is 0.000000118. The zero-order chi connectivity index (χ0) is 89.8. The van der Waals surface area contributed by atoms with Crippen LogP contribution in [-0.2, 0) is 101 Å². The van der Waals surface area contributed by atoms with E-state index < -0.39 is 53.2 Å². The second kappa shape index (κ2) is 37.0. The average Bonchev–Trinajstić information content (AvgIpc) is 1.46. The van der Waals surface area contributed by atoms with Crippen molar-refractivity contribution >= 4 is 129 Å². The fraction of sp³-hybridized carbons (Fsp3) is 0.558. The van der Waals surface area contributed by atoms with E-state index in [1.165, 1.54) is 34.2 Å². The fourth-order valence-corrected chi connectivity index (χ4v) is 27.1. The molecule has 5 aliphatic carbocycles. The predicted octanol–water partition coefficient (Wildman–Crippen LogP) is 9.83. The third kappa shape index (κ3) is 18.0. The molecule has 2 spiro atoms. The number of aliphatic hydroxyl groups is 4. The number of aromatic nitrogens is 8. The number of carbonyl (C=O) groups excluding carboxylic acids is 1. The van der Waals surface area contributed by atoms with Crippen LogP contribution in [0.2, 0.25) is 0 Å². The molecule has 37 heteroatoms. The van der Waals surface area contributed by atoms with Gasteiger partial charge in [-0.25, -0.2) is 33.1 Å². The standard InChI is InChI=1S/C27H32N4O4S.C24H30N6O2S.C23H29N5O4S2.C19H25N5O2S.2CH4/c1-2-35-25(33)19-4-6-21-18(15-19)3-5-20(21)17-7-12-31(13-8-17)26-28-22-9-14-36(34)23(22)24(29-26)30-27(16-32)10-11-27;1-16-25-18-6-4-3-5-17(18)24(29(16)2)10-12-30(13-11-24)22-26-19-7-14-33(32)20(19)21(27-22)28-23(15-31)8-9-23;1-34(31,32)28-14-22(16-4-2-3-5-18(16)28)9-11-27(12-10-22)21-24-17-6-13-33(30)19(17)20(25-21)26-23(15-29)7-8-23;25-12-19(6-7-19)23-17-16-15(5-11-27(16)26)21-18(22-17)24-9-3-13(4-10-24)14-2-1-8-20-14;;/h4-6,15,17,32H,2-3,7-14,16H2,1H3,(H,28,29,30);3-6,25,31H,1,7-15H2,2H3,(H,26,27,28);2-5,29H,6-15H2,1H3,(H,24,25,26);2,8,13,25H,1,3-7,9-12H2,(H,21,22,23);2*1H4. The maximum atomic E-state index is 12.6. The molecule has 32 nitrogen and oxygen atoms in total. The van der Waals surface area contributed by atoms with E-state index in [0.29, 0.717) is 132 Å². The molecule has 4 unspecified atom stereocenters. The lowest BCUT2D eigenvalue weighted by Crippen LogP contribution is -2.54. The Bertz CT molecular complexity index is 5970. The van der Waals surface area contributed by atoms with Crippen molar-refractivity contribution in [1.82, 2.24) is 44.8 Å². The van der Waals surface area contributed by atoms with Gasteiger partial charge in [0.25, 0.3) is 0 Å². The number of ether oxygens (including phenoxy) is 1. The number of hydrogen-bond donors (Lipinski definition) is 9. The Hall–Kier alpha value is -9.47. The van der Waals surface area contributed by atoms with E-state index in [1.807, 2.05) is 43.5 Å². The van der Waals surface area contributed by atoms with Gasteiger partial charge in [-0.3, -0.25) is 26.1 Å². The number of benzene rings is 3. The topological polar surface area (TPSA) is 405 Å². The Labute approximate surface area is 783 Å². The van der Waals surface area contributed by atoms with Gasteiger partial charge in [0.15, 0.2) is 0 Å². The minimum absolute atomic E-state index is 0. The molecule has 9 N–H and O–H groups in total. The number of nitrogens with one attached hydrogen (secondary N) is 5. The van der Waals surface area contributed by atoms with Crippen molar-refractivity contribution in [2.75, 3.05) is 179 Å². The van der Waals surface area contributed by atoms with E-state index in [1.54, 1.807) is 4.31 Å². The van der Waals surface area contributed by atoms with Gasteiger partial charge in [-0.05, 0) is 169 Å². The second-order valence-corrected chi connectivity index (χ2v) is 45.9. The van der Waals surface area contributed by atoms with E-state index in [9.17, 15) is 50.5 Å². The summed E-state index contributed by atoms with van der Waals surface area (Å²) in [6.07, 6.45) is 27.1. The summed E-state index contributed by atoms with van der Waals surface area (Å²) in [6, 6.07) is 22.3. The summed E-state index contributed by atoms with van der Waals surface area (Å²) < 4.78 is 82.0. The van der Waals surface area contributed by atoms with E-state index in [0.717, 1.165) is 227 Å². The molecular formula is C95H124N20O12S5. The SMILES string of the molecule is C.C.C=C1Nc2ccccc2C2(CCN(c3nc4c(c(NC5(CO)CC5)n3)S(=O)CC4)CC2)N1C.CCOC(=O)c1ccc2c(c1)CC=C2C1CCN(c2nc3c(c(NC4(CO)CC4)n2)S(=O)CC3)CC1.CS(=O)(=O)N1CC2(CCN(c3nc4c(c(NC5(CO)CC5)n3)S(=O)CC4)CC2)c2ccccc21.O=S1CCc2nc(N3CCC(C4=CCC=N4)CC3)nc(NC3(CO)CC3)c21. The van der Waals surface area contributed by atoms with E-state index in [4.69, 9.17) is 44.6 Å². The number of para-hydroxylation sites is 2. The van der Waals surface area contributed by atoms with Gasteiger partial charge < -0.3 is 76.2 Å². The van der Waals surface area contributed by atoms with Crippen molar-refractivity contribution in [2.24, 2.45) is 16.8 Å². The summed E-state index contributed by atoms with van der Waals surface area (Å²) in [5, 5.41) is 56.1. The largest absolute Gasteiger partial charge is 0.462 e. The predicted molar refractivity (Wildman–Crippen MR) is 519 cm³/mol. The van der Waals surface area contributed by atoms with Gasteiger partial charge in [0.05, 0.1) is 150 Å². The average molecular weight is 1900 g/mol. The van der Waals surface area contributed by atoms with Crippen LogP contribution in [0, 0.1) is 11.8 Å². The maximum absolute atomic E-state index is 12.6. The first-order valence-electron chi connectivity index (χ1n) is 46.2. The summed E-state index contributed by atoms with van der Waals surface area (Å²) in [4.78, 5) is 69.2. The highest BCUT2D eigenvalue weighted by Crippen LogP contribution is 2.53. The van der Waals surface area contributed by atoms with Gasteiger partial charge in [0.2, 0.25) is 33.8 Å². The van der Waals surface area contributed by atoms with Crippen molar-refractivity contribution in [3.63, 3.8) is 0 Å². The highest BCUT2D eigenvalue weighted by molar-refractivity contribution is 7.92. The molecule has 706 valence electrons. The highest BCUT2D eigenvalue weighted by atomic mass is 32.2. The zero-order valence-electron chi connectivity index (χ0n) is 74.0. The van der Waals surface area contributed by atoms with Crippen LogP contribution in [0.1, 0.15) is 186 Å². The number of piperidine rings is 4. The van der Waals surface area contributed by atoms with Gasteiger partial charge in [-0.1, -0.05) is 76.0 Å². The number of allylic oxidation sites excluding steroid dienone is 4. The lowest BCUT2D eigenvalue weighted by Gasteiger charge is -2.52. The molecule has 8 fully saturated rings. The first kappa shape index (κ1) is 93.0. The lowest BCUT2D eigenvalue weighted by atomic mass is 9.74. The summed E-state index contributed by atoms with van der Waals surface area (Å²) in [7, 11) is -5.58. The van der Waals surface area contributed by atoms with Gasteiger partial charge in [0, 0.05) is 156 Å². The number of hydrogen-bond acceptors (Lipinski definition) is 31. The molecule has 23 rings (SSSR count). The van der Waals surface area contributed by atoms with Crippen molar-refractivity contribution in [1.29, 1.82) is 0 Å². The van der Waals surface area contributed by atoms with Crippen LogP contribution < -0.4 is 50.5 Å². The number of anilines is 10. The van der Waals surface area contributed by atoms with Crippen molar-refractivity contribution in [3.05, 3.63) is 148 Å². The molecule has 4 saturated carbocycles. The van der Waals surface area contributed by atoms with Crippen LogP contribution in [0.15, 0.2) is 122 Å². The first-order chi connectivity index (χ1) is 62.9. The van der Waals surface area contributed by atoms with Gasteiger partial charge in [-0.2, -0.15) is 19.9 Å². The Morgan fingerprint density at radius 3 is 1.35 bits per heavy atom. The molecule has 16 aliphatic rings. The van der Waals surface area contributed by atoms with Crippen molar-refractivity contribution < 1.29 is 55.2 Å². The highest BCUT2D eigenvalue weighted by Gasteiger charge is 2.52. The summed E-state index contributed by atoms with van der Waals surface area (Å²) in [5.41, 5.74) is 11.9. The third-order valence-electron chi connectivity index (χ3n) is 29.6. The van der Waals surface area contributed by atoms with Crippen LogP contribution in [-0.4, -0.2) is 253 Å². The molecule has 4 aromatic heterocycles. The number of carbonyl (C=O) groups is 1. The Kier molecular flexibility index (Phi) is 26.0. The maximum Gasteiger partial charge on any atom is 0.338 e. The molecule has 3 aromatic carbocycles. The van der Waals surface area contributed by atoms with Crippen molar-refractivity contribution in [3.8, 4) is 0 Å². The van der Waals surface area contributed by atoms with E-state index >= 15 is 0 Å². The second-order valence-electron chi connectivity index (χ2n) is 37.9. The smallest absolute Gasteiger partial charge is 0.338 e. The number of nitrogens with zero attached hydrogens (tertiary/aromatic N) is 15. The van der Waals surface area contributed by atoms with Crippen LogP contribution in [0.5, 0.6) is 0 Å². The number of esters is 1. The summed E-state index contributed by atoms with van der Waals surface area (Å²) in [5.74, 6) is 9.28. The van der Waals surface area contributed by atoms with Crippen LogP contribution in [0.25, 0.3) is 5.57 Å². The minimum atomic E-state index is -3.35. The quantitative estimate of drug-likeness (QED) is 0.0302. The van der Waals surface area contributed by atoms with Crippen LogP contribution in [0.4, 0.5) is 58.4 Å². The normalized spacial score (nSPS) is 23.7. The molecule has 11 aliphatic heterocycles. The van der Waals surface area contributed by atoms with Gasteiger partial charge in [0.1, 0.15) is 42.9 Å². The third-order valence-corrected chi connectivity index (χ3v) is 36.6. The Morgan fingerprint density at radius 2 is 0.939 bits per heavy atom. The molecule has 4 atom stereocenters. The molecule has 4 saturated heterocycles. The molecule has 0 amide bonds. The Morgan fingerprint density at radius 1 is 0.530 bits per heavy atom. The van der Waals surface area contributed by atoms with Gasteiger partial charge in [-0.15, -0.1) is 0 Å². The zero-order valence-corrected chi connectivity index (χ0v) is 78.1. The number of aryl methyl sites for hydroxylation is 4. The number of sulfonamides is 1. The number of rotatable bonds is 21. The lowest BCUT2D eigenvalue weighted by molar-refractivity contribution is 0.0526. The van der Waals surface area contributed by atoms with Crippen LogP contribution >= 0.6 is 0 Å². The number of aliphatic hydroxyl groups excluding tert-OH is 4. The molecule has 15 heterocycles. The molecule has 7 aromatic rings. The minimum Gasteiger partial charge on any atom is -0.462 e. The van der Waals surface area contributed by atoms with E-state index in [-0.39, 0.29) is 80.4 Å². The molecule has 132 heavy (non-hydrogen) atoms. The first-order valence-corrected chi connectivity index (χ1v) is 53.3. The summed E-state index contributed by atoms with van der Waals surface area (Å²) >= 11 is 0. The fourth-order valence-electron chi connectivity index (χ4n) is 20.9. The summed E-state index contributed by atoms with van der Waals surface area (Å²) in [6.45, 7) is 13.7. The molecular weight excluding hydrogens is 1770 g/mol.